The Morgan fingerprint density at radius 1 is 0.730 bits per heavy atom. The SMILES string of the molecule is COc1ccc(F)cc1C(C)(C)CC(=O)C(F)(F)F.COc1ccc(F)cc1C(C)(C)CC(O)(Cc1nc2ccccc2[nH]1)C(F)(F)F.Cc1nc2ccccc2[nH]1.[CH2-]CCC.[Li+]. The minimum atomic E-state index is -4.93. The Hall–Kier alpha value is -4.91. The summed E-state index contributed by atoms with van der Waals surface area (Å²) in [4.78, 5) is 25.5. The fraction of sp³-hybridized carbons (Fsp3) is 0.391. The minimum absolute atomic E-state index is 0. The van der Waals surface area contributed by atoms with E-state index < -0.39 is 65.5 Å². The molecule has 0 fully saturated rings. The second kappa shape index (κ2) is 22.6. The van der Waals surface area contributed by atoms with Crippen LogP contribution in [0.15, 0.2) is 84.9 Å². The minimum Gasteiger partial charge on any atom is -0.496 e. The first kappa shape index (κ1) is 54.2. The molecule has 0 aliphatic heterocycles. The van der Waals surface area contributed by atoms with Crippen molar-refractivity contribution in [2.75, 3.05) is 14.2 Å². The number of rotatable bonds is 11. The van der Waals surface area contributed by atoms with Crippen LogP contribution in [0.5, 0.6) is 11.5 Å². The van der Waals surface area contributed by atoms with Crippen molar-refractivity contribution >= 4 is 27.9 Å². The van der Waals surface area contributed by atoms with Gasteiger partial charge in [0.2, 0.25) is 5.78 Å². The number of aliphatic hydroxyl groups is 1. The molecule has 0 saturated heterocycles. The van der Waals surface area contributed by atoms with Gasteiger partial charge in [0, 0.05) is 29.4 Å². The number of imidazole rings is 2. The van der Waals surface area contributed by atoms with E-state index in [1.54, 1.807) is 24.3 Å². The molecule has 338 valence electrons. The van der Waals surface area contributed by atoms with Gasteiger partial charge in [-0.15, -0.1) is 0 Å². The summed E-state index contributed by atoms with van der Waals surface area (Å²) in [5.41, 5.74) is -1.79. The topological polar surface area (TPSA) is 113 Å². The van der Waals surface area contributed by atoms with Crippen LogP contribution in [0.4, 0.5) is 35.1 Å². The molecule has 3 N–H and O–H groups in total. The summed E-state index contributed by atoms with van der Waals surface area (Å²) < 4.78 is 116. The zero-order valence-electron chi connectivity index (χ0n) is 36.9. The van der Waals surface area contributed by atoms with Crippen molar-refractivity contribution in [3.8, 4) is 11.5 Å². The number of nitrogens with one attached hydrogen (secondary N) is 2. The van der Waals surface area contributed by atoms with Crippen molar-refractivity contribution in [2.24, 2.45) is 0 Å². The van der Waals surface area contributed by atoms with Gasteiger partial charge in [-0.25, -0.2) is 18.7 Å². The summed E-state index contributed by atoms with van der Waals surface area (Å²) in [6.45, 7) is 13.6. The van der Waals surface area contributed by atoms with Gasteiger partial charge in [-0.05, 0) is 79.4 Å². The quantitative estimate of drug-likeness (QED) is 0.0681. The molecule has 0 spiro atoms. The zero-order valence-corrected chi connectivity index (χ0v) is 36.9. The first-order valence-electron chi connectivity index (χ1n) is 19.5. The van der Waals surface area contributed by atoms with Crippen molar-refractivity contribution in [3.05, 3.63) is 126 Å². The number of hydrogen-bond donors (Lipinski definition) is 3. The van der Waals surface area contributed by atoms with Crippen molar-refractivity contribution in [3.63, 3.8) is 0 Å². The number of methoxy groups -OCH3 is 2. The standard InChI is InChI=1S/C21H22F4N2O2.C13H14F4O2.C8H8N2.C4H9.Li/c1-19(2,14-10-13(22)8-9-17(14)29-3)12-20(28,21(23,24)25)11-18-26-15-6-4-5-7-16(15)27-18;1-12(2,7-11(18)13(15,16)17)9-6-8(14)4-5-10(9)19-3;1-6-9-7-4-2-3-5-8(7)10-6;1-3-4-2;/h4-10,28H,11-12H2,1-3H3,(H,26,27);4-6H,7H2,1-3H3;2-5H,1H3,(H,9,10);1,3-4H2,2H3;/q;;;-1;+1. The normalized spacial score (nSPS) is 12.7. The molecular weight excluding hydrogens is 831 g/mol. The Morgan fingerprint density at radius 3 is 1.59 bits per heavy atom. The molecule has 6 rings (SSSR count). The van der Waals surface area contributed by atoms with E-state index in [2.05, 4.69) is 33.8 Å². The average molecular weight is 885 g/mol. The van der Waals surface area contributed by atoms with Crippen LogP contribution in [0, 0.1) is 25.5 Å². The van der Waals surface area contributed by atoms with Crippen LogP contribution in [-0.2, 0) is 22.0 Å². The summed E-state index contributed by atoms with van der Waals surface area (Å²) in [6, 6.07) is 22.1. The predicted octanol–water partition coefficient (Wildman–Crippen LogP) is 9.04. The van der Waals surface area contributed by atoms with E-state index in [-0.39, 0.29) is 47.3 Å². The molecule has 0 bridgehead atoms. The van der Waals surface area contributed by atoms with Crippen LogP contribution >= 0.6 is 0 Å². The van der Waals surface area contributed by atoms with Gasteiger partial charge in [0.25, 0.3) is 0 Å². The summed E-state index contributed by atoms with van der Waals surface area (Å²) in [5, 5.41) is 10.7. The number of hydrogen-bond acceptors (Lipinski definition) is 6. The van der Waals surface area contributed by atoms with E-state index in [1.165, 1.54) is 66.5 Å². The van der Waals surface area contributed by atoms with Gasteiger partial charge in [-0.3, -0.25) is 4.79 Å². The molecular formula is C46H53F8LiN4O4. The van der Waals surface area contributed by atoms with E-state index in [0.717, 1.165) is 41.5 Å². The van der Waals surface area contributed by atoms with Gasteiger partial charge in [-0.2, -0.15) is 32.8 Å². The smallest absolute Gasteiger partial charge is 0.496 e. The number of benzene rings is 4. The Labute approximate surface area is 374 Å². The number of ether oxygens (including phenoxy) is 2. The number of H-pyrrole nitrogens is 2. The van der Waals surface area contributed by atoms with E-state index >= 15 is 0 Å². The number of carbonyl (C=O) groups excluding carboxylic acids is 1. The van der Waals surface area contributed by atoms with E-state index in [0.29, 0.717) is 11.0 Å². The summed E-state index contributed by atoms with van der Waals surface area (Å²) in [5.74, 6) is -1.53. The summed E-state index contributed by atoms with van der Waals surface area (Å²) in [7, 11) is 2.69. The molecule has 0 amide bonds. The van der Waals surface area contributed by atoms with Gasteiger partial charge in [0.05, 0.1) is 36.3 Å². The maximum absolute atomic E-state index is 14.0. The van der Waals surface area contributed by atoms with Crippen LogP contribution in [0.1, 0.15) is 83.1 Å². The number of nitrogens with zero attached hydrogens (tertiary/aromatic N) is 2. The van der Waals surface area contributed by atoms with Crippen molar-refractivity contribution in [1.29, 1.82) is 0 Å². The van der Waals surface area contributed by atoms with Crippen LogP contribution in [0.25, 0.3) is 22.1 Å². The van der Waals surface area contributed by atoms with E-state index in [9.17, 15) is 45.0 Å². The Balaban J connectivity index is 0.000000342. The van der Waals surface area contributed by atoms with Crippen molar-refractivity contribution in [2.45, 2.75) is 102 Å². The van der Waals surface area contributed by atoms with E-state index in [1.807, 2.05) is 31.2 Å². The molecule has 4 aromatic carbocycles. The molecule has 0 aliphatic carbocycles. The Kier molecular flexibility index (Phi) is 19.5. The number of carbonyl (C=O) groups is 1. The van der Waals surface area contributed by atoms with Gasteiger partial charge < -0.3 is 31.5 Å². The van der Waals surface area contributed by atoms with Crippen LogP contribution in [-0.4, -0.2) is 63.0 Å². The third-order valence-corrected chi connectivity index (χ3v) is 9.72. The molecule has 6 aromatic rings. The molecule has 63 heavy (non-hydrogen) atoms. The molecule has 1 atom stereocenters. The van der Waals surface area contributed by atoms with Crippen LogP contribution in [0.2, 0.25) is 0 Å². The number of ketones is 1. The van der Waals surface area contributed by atoms with Crippen molar-refractivity contribution < 1.29 is 73.4 Å². The molecule has 0 radical (unpaired) electrons. The largest absolute Gasteiger partial charge is 1.00 e. The monoisotopic (exact) mass is 884 g/mol. The number of aromatic amines is 2. The number of fused-ring (bicyclic) bond motifs is 2. The molecule has 2 aromatic heterocycles. The third kappa shape index (κ3) is 15.1. The number of para-hydroxylation sites is 4. The number of aromatic nitrogens is 4. The molecule has 2 heterocycles. The molecule has 8 nitrogen and oxygen atoms in total. The fourth-order valence-corrected chi connectivity index (χ4v) is 6.55. The number of aryl methyl sites for hydroxylation is 1. The maximum Gasteiger partial charge on any atom is 1.00 e. The predicted molar refractivity (Wildman–Crippen MR) is 224 cm³/mol. The molecule has 0 aliphatic rings. The Morgan fingerprint density at radius 2 is 1.17 bits per heavy atom. The maximum atomic E-state index is 14.0. The molecule has 17 heteroatoms. The second-order valence-corrected chi connectivity index (χ2v) is 15.8. The number of unbranched alkanes of at least 4 members (excludes halogenated alkanes) is 1. The average Bonchev–Trinajstić information content (AvgIpc) is 3.79. The van der Waals surface area contributed by atoms with Crippen LogP contribution < -0.4 is 28.3 Å². The zero-order chi connectivity index (χ0) is 46.7. The summed E-state index contributed by atoms with van der Waals surface area (Å²) in [6.07, 6.45) is -9.77. The van der Waals surface area contributed by atoms with Gasteiger partial charge in [0.15, 0.2) is 5.60 Å². The summed E-state index contributed by atoms with van der Waals surface area (Å²) >= 11 is 0. The van der Waals surface area contributed by atoms with Gasteiger partial charge in [-0.1, -0.05) is 65.3 Å². The van der Waals surface area contributed by atoms with Gasteiger partial charge >= 0.3 is 31.2 Å². The first-order chi connectivity index (χ1) is 28.8. The van der Waals surface area contributed by atoms with E-state index in [4.69, 9.17) is 9.47 Å². The second-order valence-electron chi connectivity index (χ2n) is 15.8. The van der Waals surface area contributed by atoms with Crippen molar-refractivity contribution in [1.82, 2.24) is 19.9 Å². The Bertz CT molecular complexity index is 2310. The number of alkyl halides is 6. The van der Waals surface area contributed by atoms with Crippen LogP contribution in [0.3, 0.4) is 0 Å². The molecule has 0 saturated carbocycles. The number of Topliss-reactive ketones (excluding diaryl/α,β-unsaturated/α-hetero) is 1. The molecule has 1 unspecified atom stereocenters. The van der Waals surface area contributed by atoms with Gasteiger partial charge in [0.1, 0.15) is 34.8 Å². The number of halogens is 8. The fourth-order valence-electron chi connectivity index (χ4n) is 6.55. The first-order valence-corrected chi connectivity index (χ1v) is 19.5. The third-order valence-electron chi connectivity index (χ3n) is 9.72.